The number of aromatic nitrogens is 2. The Balaban J connectivity index is 1.50. The van der Waals surface area contributed by atoms with Gasteiger partial charge in [-0.25, -0.2) is 0 Å². The summed E-state index contributed by atoms with van der Waals surface area (Å²) in [5, 5.41) is 7.91. The van der Waals surface area contributed by atoms with Gasteiger partial charge in [0.15, 0.2) is 5.82 Å². The molecule has 4 heteroatoms. The largest absolute Gasteiger partial charge is 0.338 e. The Morgan fingerprint density at radius 1 is 1.15 bits per heavy atom. The number of nitrogens with one attached hydrogen (secondary N) is 1. The van der Waals surface area contributed by atoms with Gasteiger partial charge >= 0.3 is 0 Å². The summed E-state index contributed by atoms with van der Waals surface area (Å²) in [6.07, 6.45) is 9.18. The highest BCUT2D eigenvalue weighted by molar-refractivity contribution is 5.06. The average Bonchev–Trinajstić information content (AvgIpc) is 3.14. The molecule has 1 aromatic heterocycles. The van der Waals surface area contributed by atoms with Crippen LogP contribution >= 0.6 is 0 Å². The van der Waals surface area contributed by atoms with Gasteiger partial charge in [-0.2, -0.15) is 4.98 Å². The summed E-state index contributed by atoms with van der Waals surface area (Å²) in [6, 6.07) is 0.324. The van der Waals surface area contributed by atoms with Crippen LogP contribution in [0.3, 0.4) is 0 Å². The Kier molecular flexibility index (Phi) is 3.29. The topological polar surface area (TPSA) is 51.0 Å². The van der Waals surface area contributed by atoms with Gasteiger partial charge in [-0.05, 0) is 50.0 Å². The van der Waals surface area contributed by atoms with Crippen LogP contribution in [-0.4, -0.2) is 16.7 Å². The average molecular weight is 275 g/mol. The van der Waals surface area contributed by atoms with Crippen LogP contribution in [0.1, 0.15) is 75.5 Å². The maximum atomic E-state index is 5.62. The number of rotatable bonds is 2. The molecule has 0 aromatic carbocycles. The summed E-state index contributed by atoms with van der Waals surface area (Å²) in [5.41, 5.74) is 0. The van der Waals surface area contributed by atoms with Crippen LogP contribution in [0.2, 0.25) is 0 Å². The van der Waals surface area contributed by atoms with Crippen LogP contribution in [0, 0.1) is 17.8 Å². The molecule has 1 N–H and O–H groups in total. The predicted molar refractivity (Wildman–Crippen MR) is 76.2 cm³/mol. The zero-order valence-electron chi connectivity index (χ0n) is 12.3. The molecule has 2 aliphatic carbocycles. The minimum atomic E-state index is 0.324. The number of hydrogen-bond acceptors (Lipinski definition) is 4. The minimum absolute atomic E-state index is 0.324. The summed E-state index contributed by atoms with van der Waals surface area (Å²) in [5.74, 6) is 4.72. The van der Waals surface area contributed by atoms with Crippen molar-refractivity contribution in [2.24, 2.45) is 17.8 Å². The zero-order valence-corrected chi connectivity index (χ0v) is 12.3. The molecule has 20 heavy (non-hydrogen) atoms. The number of nitrogens with zero attached hydrogens (tertiary/aromatic N) is 2. The maximum absolute atomic E-state index is 5.62. The summed E-state index contributed by atoms with van der Waals surface area (Å²) < 4.78 is 5.62. The molecule has 3 aliphatic rings. The molecule has 2 saturated carbocycles. The fourth-order valence-corrected chi connectivity index (χ4v) is 4.67. The van der Waals surface area contributed by atoms with Gasteiger partial charge in [0.2, 0.25) is 5.89 Å². The van der Waals surface area contributed by atoms with Crippen molar-refractivity contribution >= 4 is 0 Å². The van der Waals surface area contributed by atoms with Crippen molar-refractivity contribution in [2.75, 3.05) is 6.54 Å². The summed E-state index contributed by atoms with van der Waals surface area (Å²) >= 11 is 0. The Morgan fingerprint density at radius 2 is 2.05 bits per heavy atom. The second-order valence-corrected chi connectivity index (χ2v) is 7.20. The molecule has 110 valence electrons. The van der Waals surface area contributed by atoms with E-state index in [1.165, 1.54) is 44.9 Å². The maximum Gasteiger partial charge on any atom is 0.244 e. The van der Waals surface area contributed by atoms with E-state index >= 15 is 0 Å². The molecular weight excluding hydrogens is 250 g/mol. The van der Waals surface area contributed by atoms with Crippen LogP contribution in [-0.2, 0) is 0 Å². The fourth-order valence-electron chi connectivity index (χ4n) is 4.67. The van der Waals surface area contributed by atoms with Crippen LogP contribution in [0.5, 0.6) is 0 Å². The van der Waals surface area contributed by atoms with Gasteiger partial charge in [0.1, 0.15) is 0 Å². The van der Waals surface area contributed by atoms with E-state index in [1.54, 1.807) is 0 Å². The minimum Gasteiger partial charge on any atom is -0.338 e. The van der Waals surface area contributed by atoms with Crippen molar-refractivity contribution in [3.63, 3.8) is 0 Å². The lowest BCUT2D eigenvalue weighted by atomic mass is 9.82. The van der Waals surface area contributed by atoms with Gasteiger partial charge in [-0.3, -0.25) is 0 Å². The lowest BCUT2D eigenvalue weighted by molar-refractivity contribution is 0.293. The third-order valence-electron chi connectivity index (χ3n) is 5.77. The van der Waals surface area contributed by atoms with Crippen molar-refractivity contribution in [1.29, 1.82) is 0 Å². The molecule has 1 aliphatic heterocycles. The molecule has 0 radical (unpaired) electrons. The summed E-state index contributed by atoms with van der Waals surface area (Å²) in [7, 11) is 0. The molecule has 4 nitrogen and oxygen atoms in total. The normalized spacial score (nSPS) is 41.0. The monoisotopic (exact) mass is 275 g/mol. The highest BCUT2D eigenvalue weighted by Crippen LogP contribution is 2.44. The van der Waals surface area contributed by atoms with Crippen molar-refractivity contribution < 1.29 is 4.52 Å². The molecule has 0 bridgehead atoms. The highest BCUT2D eigenvalue weighted by Gasteiger charge is 2.42. The first-order valence-electron chi connectivity index (χ1n) is 8.38. The molecule has 1 saturated heterocycles. The third-order valence-corrected chi connectivity index (χ3v) is 5.77. The van der Waals surface area contributed by atoms with Crippen LogP contribution in [0.25, 0.3) is 0 Å². The van der Waals surface area contributed by atoms with Gasteiger partial charge in [0, 0.05) is 5.92 Å². The van der Waals surface area contributed by atoms with E-state index in [0.717, 1.165) is 36.0 Å². The van der Waals surface area contributed by atoms with Gasteiger partial charge in [-0.1, -0.05) is 31.3 Å². The highest BCUT2D eigenvalue weighted by atomic mass is 16.5. The summed E-state index contributed by atoms with van der Waals surface area (Å²) in [4.78, 5) is 4.77. The first-order valence-corrected chi connectivity index (χ1v) is 8.38. The number of hydrogen-bond donors (Lipinski definition) is 1. The van der Waals surface area contributed by atoms with E-state index in [2.05, 4.69) is 17.4 Å². The molecule has 2 heterocycles. The van der Waals surface area contributed by atoms with E-state index in [0.29, 0.717) is 12.0 Å². The van der Waals surface area contributed by atoms with Crippen LogP contribution < -0.4 is 5.32 Å². The van der Waals surface area contributed by atoms with Crippen molar-refractivity contribution in [3.8, 4) is 0 Å². The van der Waals surface area contributed by atoms with Gasteiger partial charge in [0.25, 0.3) is 0 Å². The first-order chi connectivity index (χ1) is 9.81. The molecule has 5 unspecified atom stereocenters. The van der Waals surface area contributed by atoms with Crippen molar-refractivity contribution in [1.82, 2.24) is 15.5 Å². The van der Waals surface area contributed by atoms with E-state index in [9.17, 15) is 0 Å². The quantitative estimate of drug-likeness (QED) is 0.898. The van der Waals surface area contributed by atoms with Crippen LogP contribution in [0.4, 0.5) is 0 Å². The molecule has 5 atom stereocenters. The molecule has 3 fully saturated rings. The van der Waals surface area contributed by atoms with Crippen molar-refractivity contribution in [3.05, 3.63) is 11.7 Å². The first kappa shape index (κ1) is 12.8. The second-order valence-electron chi connectivity index (χ2n) is 7.20. The SMILES string of the molecule is CC1CCCC(c2noc(C3NCC4CCCC43)n2)C1. The smallest absolute Gasteiger partial charge is 0.244 e. The van der Waals surface area contributed by atoms with Gasteiger partial charge in [-0.15, -0.1) is 0 Å². The Morgan fingerprint density at radius 3 is 2.95 bits per heavy atom. The zero-order chi connectivity index (χ0) is 13.5. The molecule has 0 amide bonds. The Bertz CT molecular complexity index is 472. The molecular formula is C16H25N3O. The lowest BCUT2D eigenvalue weighted by Crippen LogP contribution is -2.18. The fraction of sp³-hybridized carbons (Fsp3) is 0.875. The Hall–Kier alpha value is -0.900. The molecule has 1 aromatic rings. The third kappa shape index (κ3) is 2.18. The van der Waals surface area contributed by atoms with E-state index in [-0.39, 0.29) is 0 Å². The number of fused-ring (bicyclic) bond motifs is 1. The molecule has 0 spiro atoms. The lowest BCUT2D eigenvalue weighted by Gasteiger charge is -2.23. The Labute approximate surface area is 120 Å². The predicted octanol–water partition coefficient (Wildman–Crippen LogP) is 3.42. The van der Waals surface area contributed by atoms with E-state index in [1.807, 2.05) is 0 Å². The second kappa shape index (κ2) is 5.14. The molecule has 4 rings (SSSR count). The van der Waals surface area contributed by atoms with Crippen molar-refractivity contribution in [2.45, 2.75) is 63.8 Å². The van der Waals surface area contributed by atoms with E-state index in [4.69, 9.17) is 9.51 Å². The van der Waals surface area contributed by atoms with Crippen LogP contribution in [0.15, 0.2) is 4.52 Å². The van der Waals surface area contributed by atoms with Gasteiger partial charge < -0.3 is 9.84 Å². The summed E-state index contributed by atoms with van der Waals surface area (Å²) in [6.45, 7) is 3.47. The van der Waals surface area contributed by atoms with Gasteiger partial charge in [0.05, 0.1) is 6.04 Å². The standard InChI is InChI=1S/C16H25N3O/c1-10-4-2-5-11(8-10)15-18-16(20-19-15)14-13-7-3-6-12(13)9-17-14/h10-14,17H,2-9H2,1H3. The van der Waals surface area contributed by atoms with E-state index < -0.39 is 0 Å².